The summed E-state index contributed by atoms with van der Waals surface area (Å²) >= 11 is 0. The van der Waals surface area contributed by atoms with Crippen molar-refractivity contribution in [1.29, 1.82) is 0 Å². The number of rotatable bonds is 4. The molecule has 1 aliphatic rings. The van der Waals surface area contributed by atoms with Crippen molar-refractivity contribution in [3.63, 3.8) is 0 Å². The van der Waals surface area contributed by atoms with E-state index in [1.165, 1.54) is 18.2 Å². The summed E-state index contributed by atoms with van der Waals surface area (Å²) in [5.74, 6) is 0.451. The van der Waals surface area contributed by atoms with Gasteiger partial charge in [-0.25, -0.2) is 18.7 Å². The Morgan fingerprint density at radius 3 is 2.11 bits per heavy atom. The number of hydrogen-bond donors (Lipinski definition) is 1. The second-order valence-electron chi connectivity index (χ2n) is 6.12. The topological polar surface area (TPSA) is 57.2 Å². The number of anilines is 4. The molecule has 1 aromatic carbocycles. The first-order chi connectivity index (χ1) is 13.2. The van der Waals surface area contributed by atoms with Gasteiger partial charge in [0.15, 0.2) is 0 Å². The molecule has 0 amide bonds. The highest BCUT2D eigenvalue weighted by molar-refractivity contribution is 5.56. The van der Waals surface area contributed by atoms with E-state index in [4.69, 9.17) is 0 Å². The van der Waals surface area contributed by atoms with Gasteiger partial charge in [0.2, 0.25) is 5.95 Å². The normalized spacial score (nSPS) is 14.3. The molecule has 3 heterocycles. The van der Waals surface area contributed by atoms with Gasteiger partial charge in [0.25, 0.3) is 0 Å². The molecule has 0 unspecified atom stereocenters. The predicted octanol–water partition coefficient (Wildman–Crippen LogP) is 3.22. The van der Waals surface area contributed by atoms with Crippen molar-refractivity contribution in [3.05, 3.63) is 66.5 Å². The Labute approximate surface area is 155 Å². The van der Waals surface area contributed by atoms with E-state index in [-0.39, 0.29) is 11.6 Å². The maximum absolute atomic E-state index is 13.8. The molecule has 1 aliphatic heterocycles. The van der Waals surface area contributed by atoms with Crippen LogP contribution in [0, 0.1) is 11.6 Å². The van der Waals surface area contributed by atoms with Gasteiger partial charge in [-0.2, -0.15) is 4.98 Å². The molecule has 0 spiro atoms. The molecule has 0 bridgehead atoms. The van der Waals surface area contributed by atoms with E-state index in [9.17, 15) is 8.78 Å². The monoisotopic (exact) mass is 368 g/mol. The van der Waals surface area contributed by atoms with Crippen molar-refractivity contribution in [2.75, 3.05) is 41.3 Å². The number of hydrogen-bond acceptors (Lipinski definition) is 6. The zero-order chi connectivity index (χ0) is 18.6. The molecule has 0 atom stereocenters. The predicted molar refractivity (Wildman–Crippen MR) is 100 cm³/mol. The number of halogens is 2. The SMILES string of the molecule is Fc1cccc(F)c1Nc1nccc(N2CCN(c3ccccn3)CC2)n1. The average molecular weight is 368 g/mol. The van der Waals surface area contributed by atoms with Gasteiger partial charge in [-0.3, -0.25) is 0 Å². The van der Waals surface area contributed by atoms with Gasteiger partial charge in [-0.1, -0.05) is 12.1 Å². The quantitative estimate of drug-likeness (QED) is 0.763. The average Bonchev–Trinajstić information content (AvgIpc) is 2.72. The fourth-order valence-electron chi connectivity index (χ4n) is 3.02. The summed E-state index contributed by atoms with van der Waals surface area (Å²) in [6, 6.07) is 11.3. The number of pyridine rings is 1. The summed E-state index contributed by atoms with van der Waals surface area (Å²) in [6.07, 6.45) is 3.36. The fourth-order valence-corrected chi connectivity index (χ4v) is 3.02. The molecular weight excluding hydrogens is 350 g/mol. The first kappa shape index (κ1) is 17.1. The molecule has 8 heteroatoms. The first-order valence-corrected chi connectivity index (χ1v) is 8.66. The van der Waals surface area contributed by atoms with E-state index in [1.807, 2.05) is 18.2 Å². The fraction of sp³-hybridized carbons (Fsp3) is 0.211. The Bertz CT molecular complexity index is 893. The number of benzene rings is 1. The molecule has 3 aromatic rings. The van der Waals surface area contributed by atoms with E-state index in [2.05, 4.69) is 30.1 Å². The molecule has 1 saturated heterocycles. The lowest BCUT2D eigenvalue weighted by atomic mass is 10.3. The van der Waals surface area contributed by atoms with Crippen LogP contribution in [0.15, 0.2) is 54.9 Å². The minimum absolute atomic E-state index is 0.156. The summed E-state index contributed by atoms with van der Waals surface area (Å²) in [4.78, 5) is 17.2. The van der Waals surface area contributed by atoms with Crippen LogP contribution in [0.25, 0.3) is 0 Å². The van der Waals surface area contributed by atoms with Crippen LogP contribution in [0.5, 0.6) is 0 Å². The van der Waals surface area contributed by atoms with Gasteiger partial charge < -0.3 is 15.1 Å². The highest BCUT2D eigenvalue weighted by atomic mass is 19.1. The number of nitrogens with one attached hydrogen (secondary N) is 1. The van der Waals surface area contributed by atoms with Crippen molar-refractivity contribution in [2.24, 2.45) is 0 Å². The van der Waals surface area contributed by atoms with Crippen molar-refractivity contribution in [3.8, 4) is 0 Å². The number of nitrogens with zero attached hydrogens (tertiary/aromatic N) is 5. The van der Waals surface area contributed by atoms with Crippen LogP contribution in [-0.4, -0.2) is 41.1 Å². The molecular formula is C19H18F2N6. The van der Waals surface area contributed by atoms with Crippen LogP contribution in [0.2, 0.25) is 0 Å². The molecule has 6 nitrogen and oxygen atoms in total. The largest absolute Gasteiger partial charge is 0.353 e. The molecule has 1 fully saturated rings. The molecule has 0 aliphatic carbocycles. The van der Waals surface area contributed by atoms with Crippen LogP contribution in [0.3, 0.4) is 0 Å². The lowest BCUT2D eigenvalue weighted by Gasteiger charge is -2.36. The number of para-hydroxylation sites is 1. The highest BCUT2D eigenvalue weighted by Crippen LogP contribution is 2.23. The Morgan fingerprint density at radius 1 is 0.741 bits per heavy atom. The maximum Gasteiger partial charge on any atom is 0.229 e. The molecule has 1 N–H and O–H groups in total. The van der Waals surface area contributed by atoms with Crippen LogP contribution in [0.1, 0.15) is 0 Å². The van der Waals surface area contributed by atoms with Crippen LogP contribution in [-0.2, 0) is 0 Å². The molecule has 138 valence electrons. The van der Waals surface area contributed by atoms with Crippen LogP contribution < -0.4 is 15.1 Å². The summed E-state index contributed by atoms with van der Waals surface area (Å²) < 4.78 is 27.6. The van der Waals surface area contributed by atoms with Crippen molar-refractivity contribution in [2.45, 2.75) is 0 Å². The maximum atomic E-state index is 13.8. The summed E-state index contributed by atoms with van der Waals surface area (Å²) in [7, 11) is 0. The molecule has 2 aromatic heterocycles. The van der Waals surface area contributed by atoms with Gasteiger partial charge in [0.1, 0.15) is 29.0 Å². The third-order valence-corrected chi connectivity index (χ3v) is 4.42. The van der Waals surface area contributed by atoms with Gasteiger partial charge in [0.05, 0.1) is 0 Å². The van der Waals surface area contributed by atoms with Crippen LogP contribution >= 0.6 is 0 Å². The first-order valence-electron chi connectivity index (χ1n) is 8.66. The van der Waals surface area contributed by atoms with E-state index in [1.54, 1.807) is 18.5 Å². The standard InChI is InChI=1S/C19H18F2N6/c20-14-4-3-5-15(21)18(14)25-19-23-9-7-17(24-19)27-12-10-26(11-13-27)16-6-1-2-8-22-16/h1-9H,10-13H2,(H,23,24,25). The van der Waals surface area contributed by atoms with Crippen molar-refractivity contribution in [1.82, 2.24) is 15.0 Å². The van der Waals surface area contributed by atoms with Gasteiger partial charge in [-0.05, 0) is 30.3 Å². The van der Waals surface area contributed by atoms with Crippen LogP contribution in [0.4, 0.5) is 32.1 Å². The van der Waals surface area contributed by atoms with E-state index < -0.39 is 11.6 Å². The highest BCUT2D eigenvalue weighted by Gasteiger charge is 2.19. The van der Waals surface area contributed by atoms with Crippen molar-refractivity contribution >= 4 is 23.3 Å². The van der Waals surface area contributed by atoms with Gasteiger partial charge in [0, 0.05) is 38.6 Å². The minimum Gasteiger partial charge on any atom is -0.353 e. The molecule has 0 saturated carbocycles. The number of aromatic nitrogens is 3. The lowest BCUT2D eigenvalue weighted by Crippen LogP contribution is -2.47. The lowest BCUT2D eigenvalue weighted by molar-refractivity contribution is 0.590. The zero-order valence-electron chi connectivity index (χ0n) is 14.5. The van der Waals surface area contributed by atoms with Gasteiger partial charge in [-0.15, -0.1) is 0 Å². The Kier molecular flexibility index (Phi) is 4.78. The summed E-state index contributed by atoms with van der Waals surface area (Å²) in [5.41, 5.74) is -0.255. The molecule has 4 rings (SSSR count). The van der Waals surface area contributed by atoms with E-state index >= 15 is 0 Å². The zero-order valence-corrected chi connectivity index (χ0v) is 14.5. The summed E-state index contributed by atoms with van der Waals surface area (Å²) in [6.45, 7) is 3.15. The minimum atomic E-state index is -0.687. The van der Waals surface area contributed by atoms with E-state index in [0.717, 1.165) is 32.0 Å². The summed E-state index contributed by atoms with van der Waals surface area (Å²) in [5, 5.41) is 2.64. The van der Waals surface area contributed by atoms with Crippen molar-refractivity contribution < 1.29 is 8.78 Å². The Morgan fingerprint density at radius 2 is 1.44 bits per heavy atom. The molecule has 27 heavy (non-hydrogen) atoms. The molecule has 0 radical (unpaired) electrons. The number of piperazine rings is 1. The smallest absolute Gasteiger partial charge is 0.229 e. The van der Waals surface area contributed by atoms with E-state index in [0.29, 0.717) is 5.82 Å². The second kappa shape index (κ2) is 7.53. The second-order valence-corrected chi connectivity index (χ2v) is 6.12. The Balaban J connectivity index is 1.46. The third-order valence-electron chi connectivity index (χ3n) is 4.42. The third kappa shape index (κ3) is 3.79. The Hall–Kier alpha value is -3.29. The van der Waals surface area contributed by atoms with Gasteiger partial charge >= 0.3 is 0 Å².